The van der Waals surface area contributed by atoms with Crippen molar-refractivity contribution >= 4 is 36.3 Å². The van der Waals surface area contributed by atoms with E-state index in [2.05, 4.69) is 87.3 Å². The van der Waals surface area contributed by atoms with Gasteiger partial charge in [0.2, 0.25) is 0 Å². The number of amides is 1. The molecule has 2 saturated heterocycles. The highest BCUT2D eigenvalue weighted by atomic mass is 28.4. The first-order valence-corrected chi connectivity index (χ1v) is 23.3. The van der Waals surface area contributed by atoms with Gasteiger partial charge in [0.15, 0.2) is 0 Å². The monoisotopic (exact) mass is 869 g/mol. The van der Waals surface area contributed by atoms with Gasteiger partial charge >= 0.3 is 18.3 Å². The van der Waals surface area contributed by atoms with E-state index in [1.807, 2.05) is 17.0 Å². The first kappa shape index (κ1) is 44.9. The number of alkyl halides is 3. The number of carbonyl (C=O) groups excluding carboxylic acids is 1. The van der Waals surface area contributed by atoms with Crippen LogP contribution in [-0.2, 0) is 28.3 Å². The second-order valence-corrected chi connectivity index (χ2v) is 22.9. The highest BCUT2D eigenvalue weighted by molar-refractivity contribution is 6.99. The van der Waals surface area contributed by atoms with E-state index in [0.29, 0.717) is 57.1 Å². The van der Waals surface area contributed by atoms with E-state index in [0.717, 1.165) is 11.6 Å². The standard InChI is InChI=1S/C47H58F3N7O4Si/c1-45(2,3)60-44(58)57-27-26-56(29-33(57)22-24-51)42-38-23-25-55(41-21-15-14-20-39(41)47(48,49)50)31-40(38)52-43(53-42)59-32-34-28-35(30-54(34)7)61-62(46(4,5)6,36-16-10-8-11-17-36)37-18-12-9-13-19-37/h8-21,33-35H,22-23,25-32H2,1-7H3/t33?,34-,35+/m0/s1. The lowest BCUT2D eigenvalue weighted by Gasteiger charge is -2.44. The molecule has 7 rings (SSSR count). The molecule has 1 amide bonds. The Morgan fingerprint density at radius 2 is 1.48 bits per heavy atom. The van der Waals surface area contributed by atoms with Crippen molar-refractivity contribution in [2.24, 2.45) is 0 Å². The summed E-state index contributed by atoms with van der Waals surface area (Å²) in [7, 11) is -0.749. The summed E-state index contributed by atoms with van der Waals surface area (Å²) in [6.07, 6.45) is -3.91. The number of likely N-dealkylation sites (N-methyl/N-ethyl adjacent to an activating group) is 1. The van der Waals surface area contributed by atoms with Gasteiger partial charge in [-0.15, -0.1) is 0 Å². The van der Waals surface area contributed by atoms with Gasteiger partial charge in [0.1, 0.15) is 18.0 Å². The van der Waals surface area contributed by atoms with E-state index < -0.39 is 37.8 Å². The molecule has 4 heterocycles. The van der Waals surface area contributed by atoms with Crippen molar-refractivity contribution in [3.63, 3.8) is 0 Å². The molecule has 330 valence electrons. The average molecular weight is 870 g/mol. The Kier molecular flexibility index (Phi) is 13.0. The van der Waals surface area contributed by atoms with Crippen LogP contribution in [0.5, 0.6) is 6.01 Å². The first-order chi connectivity index (χ1) is 29.4. The Bertz CT molecular complexity index is 2190. The van der Waals surface area contributed by atoms with Gasteiger partial charge in [0.05, 0.1) is 42.4 Å². The second kappa shape index (κ2) is 17.9. The van der Waals surface area contributed by atoms with Crippen molar-refractivity contribution in [2.45, 2.75) is 102 Å². The van der Waals surface area contributed by atoms with Crippen LogP contribution < -0.4 is 24.9 Å². The van der Waals surface area contributed by atoms with E-state index in [1.54, 1.807) is 36.6 Å². The molecule has 0 bridgehead atoms. The lowest BCUT2D eigenvalue weighted by atomic mass is 10.0. The Balaban J connectivity index is 1.17. The number of nitriles is 1. The van der Waals surface area contributed by atoms with Crippen molar-refractivity contribution in [1.29, 1.82) is 5.26 Å². The molecule has 0 spiro atoms. The number of rotatable bonds is 10. The summed E-state index contributed by atoms with van der Waals surface area (Å²) in [5.74, 6) is 0.605. The molecule has 3 aliphatic heterocycles. The van der Waals surface area contributed by atoms with Crippen LogP contribution >= 0.6 is 0 Å². The van der Waals surface area contributed by atoms with Gasteiger partial charge in [-0.1, -0.05) is 93.6 Å². The number of ether oxygens (including phenoxy) is 2. The fourth-order valence-electron chi connectivity index (χ4n) is 9.22. The predicted octanol–water partition coefficient (Wildman–Crippen LogP) is 7.43. The molecule has 0 aliphatic carbocycles. The zero-order valence-corrected chi connectivity index (χ0v) is 37.8. The maximum atomic E-state index is 14.2. The van der Waals surface area contributed by atoms with E-state index in [1.165, 1.54) is 22.5 Å². The van der Waals surface area contributed by atoms with Crippen molar-refractivity contribution in [3.8, 4) is 12.1 Å². The molecule has 2 fully saturated rings. The predicted molar refractivity (Wildman–Crippen MR) is 236 cm³/mol. The van der Waals surface area contributed by atoms with E-state index in [4.69, 9.17) is 23.9 Å². The van der Waals surface area contributed by atoms with Crippen LogP contribution in [0.2, 0.25) is 5.04 Å². The Hall–Kier alpha value is -5.17. The summed E-state index contributed by atoms with van der Waals surface area (Å²) >= 11 is 0. The van der Waals surface area contributed by atoms with E-state index in [-0.39, 0.29) is 48.5 Å². The molecular formula is C47H58F3N7O4Si. The van der Waals surface area contributed by atoms with Gasteiger partial charge in [0.25, 0.3) is 8.32 Å². The molecular weight excluding hydrogens is 812 g/mol. The number of anilines is 2. The molecule has 0 N–H and O–H groups in total. The van der Waals surface area contributed by atoms with Crippen LogP contribution in [0.25, 0.3) is 0 Å². The summed E-state index contributed by atoms with van der Waals surface area (Å²) in [5, 5.41) is 12.0. The number of benzene rings is 3. The third-order valence-electron chi connectivity index (χ3n) is 12.1. The van der Waals surface area contributed by atoms with Crippen LogP contribution in [-0.4, -0.2) is 104 Å². The summed E-state index contributed by atoms with van der Waals surface area (Å²) in [6, 6.07) is 28.6. The minimum atomic E-state index is -4.53. The van der Waals surface area contributed by atoms with Crippen molar-refractivity contribution in [2.75, 3.05) is 56.2 Å². The number of hydrogen-bond acceptors (Lipinski definition) is 10. The molecule has 3 aliphatic rings. The normalized spacial score (nSPS) is 20.1. The van der Waals surface area contributed by atoms with Crippen LogP contribution in [0.15, 0.2) is 84.9 Å². The topological polar surface area (TPSA) is 107 Å². The number of para-hydroxylation sites is 1. The molecule has 0 saturated carbocycles. The number of hydrogen-bond donors (Lipinski definition) is 0. The highest BCUT2D eigenvalue weighted by Gasteiger charge is 2.52. The largest absolute Gasteiger partial charge is 0.462 e. The average Bonchev–Trinajstić information content (AvgIpc) is 3.58. The quantitative estimate of drug-likeness (QED) is 0.150. The number of nitrogens with zero attached hydrogens (tertiary/aromatic N) is 7. The minimum Gasteiger partial charge on any atom is -0.462 e. The van der Waals surface area contributed by atoms with Crippen molar-refractivity contribution in [1.82, 2.24) is 19.8 Å². The molecule has 4 aromatic rings. The molecule has 11 nitrogen and oxygen atoms in total. The number of piperazine rings is 1. The number of fused-ring (bicyclic) bond motifs is 1. The van der Waals surface area contributed by atoms with E-state index >= 15 is 0 Å². The lowest BCUT2D eigenvalue weighted by Crippen LogP contribution is -2.67. The SMILES string of the molecule is CN1C[C@H](O[Si](c2ccccc2)(c2ccccc2)C(C)(C)C)C[C@H]1COc1nc2c(c(N3CCN(C(=O)OC(C)(C)C)C(CC#N)C3)n1)CCN(c1ccccc1C(F)(F)F)C2. The number of aromatic nitrogens is 2. The zero-order valence-electron chi connectivity index (χ0n) is 36.8. The lowest BCUT2D eigenvalue weighted by molar-refractivity contribution is -0.137. The number of halogens is 3. The van der Waals surface area contributed by atoms with Crippen LogP contribution in [0.1, 0.15) is 71.2 Å². The van der Waals surface area contributed by atoms with Gasteiger partial charge in [-0.25, -0.2) is 4.79 Å². The van der Waals surface area contributed by atoms with Crippen molar-refractivity contribution in [3.05, 3.63) is 102 Å². The minimum absolute atomic E-state index is 0.0335. The second-order valence-electron chi connectivity index (χ2n) is 18.6. The van der Waals surface area contributed by atoms with Gasteiger partial charge in [0, 0.05) is 50.0 Å². The number of likely N-dealkylation sites (tertiary alicyclic amines) is 1. The summed E-state index contributed by atoms with van der Waals surface area (Å²) in [5.41, 5.74) is 0.0726. The smallest absolute Gasteiger partial charge is 0.418 e. The van der Waals surface area contributed by atoms with Crippen LogP contribution in [0, 0.1) is 11.3 Å². The first-order valence-electron chi connectivity index (χ1n) is 21.4. The van der Waals surface area contributed by atoms with E-state index in [9.17, 15) is 23.2 Å². The number of carbonyl (C=O) groups is 1. The molecule has 3 aromatic carbocycles. The Morgan fingerprint density at radius 3 is 2.10 bits per heavy atom. The summed E-state index contributed by atoms with van der Waals surface area (Å²) in [6.45, 7) is 14.6. The molecule has 0 radical (unpaired) electrons. The van der Waals surface area contributed by atoms with Gasteiger partial charge in [-0.05, 0) is 68.2 Å². The Labute approximate surface area is 364 Å². The van der Waals surface area contributed by atoms with Crippen LogP contribution in [0.3, 0.4) is 0 Å². The maximum absolute atomic E-state index is 14.2. The van der Waals surface area contributed by atoms with Crippen LogP contribution in [0.4, 0.5) is 29.5 Å². The maximum Gasteiger partial charge on any atom is 0.418 e. The zero-order chi connectivity index (χ0) is 44.5. The van der Waals surface area contributed by atoms with Gasteiger partial charge < -0.3 is 28.6 Å². The summed E-state index contributed by atoms with van der Waals surface area (Å²) < 4.78 is 62.4. The van der Waals surface area contributed by atoms with Gasteiger partial charge in [-0.3, -0.25) is 4.90 Å². The molecule has 1 aromatic heterocycles. The molecule has 1 unspecified atom stereocenters. The fraction of sp³-hybridized carbons (Fsp3) is 0.489. The van der Waals surface area contributed by atoms with Crippen molar-refractivity contribution < 1.29 is 31.9 Å². The third kappa shape index (κ3) is 9.57. The highest BCUT2D eigenvalue weighted by Crippen LogP contribution is 2.41. The summed E-state index contributed by atoms with van der Waals surface area (Å²) in [4.78, 5) is 30.8. The molecule has 15 heteroatoms. The molecule has 3 atom stereocenters. The molecule has 62 heavy (non-hydrogen) atoms. The fourth-order valence-corrected chi connectivity index (χ4v) is 13.9. The Morgan fingerprint density at radius 1 is 0.839 bits per heavy atom. The third-order valence-corrected chi connectivity index (χ3v) is 17.2. The van der Waals surface area contributed by atoms with Gasteiger partial charge in [-0.2, -0.15) is 28.4 Å².